The second-order valence-corrected chi connectivity index (χ2v) is 18.8. The fraction of sp³-hybridized carbons (Fsp3) is 0.0597. The maximum absolute atomic E-state index is 6.19. The van der Waals surface area contributed by atoms with Crippen LogP contribution in [0.4, 0.5) is 0 Å². The van der Waals surface area contributed by atoms with Gasteiger partial charge in [-0.3, -0.25) is 0 Å². The third kappa shape index (κ3) is 6.59. The smallest absolute Gasteiger partial charge is 0.226 e. The van der Waals surface area contributed by atoms with Crippen LogP contribution in [0.1, 0.15) is 41.3 Å². The van der Waals surface area contributed by atoms with E-state index in [1.54, 1.807) is 0 Å². The summed E-state index contributed by atoms with van der Waals surface area (Å²) in [4.78, 5) is 4.81. The SMILES string of the molecule is C1=Cc2c(c(-c3cccc(-c4ccc5c(-c6ccc7ccccc7c6)c6ccccc6c(-c6ccc7ccccc7c6)c5c4)c3)c3ccccc3c2C2C=CC(c3nc4ccccc4o3)=CC2)CC1. The summed E-state index contributed by atoms with van der Waals surface area (Å²) >= 11 is 0. The van der Waals surface area contributed by atoms with E-state index in [0.29, 0.717) is 5.89 Å². The molecule has 69 heavy (non-hydrogen) atoms. The zero-order chi connectivity index (χ0) is 45.4. The van der Waals surface area contributed by atoms with Gasteiger partial charge in [0.1, 0.15) is 5.52 Å². The number of benzene rings is 11. The molecule has 1 aromatic heterocycles. The summed E-state index contributed by atoms with van der Waals surface area (Å²) < 4.78 is 6.19. The highest BCUT2D eigenvalue weighted by Crippen LogP contribution is 2.48. The Balaban J connectivity index is 0.931. The number of aromatic nitrogens is 1. The van der Waals surface area contributed by atoms with Gasteiger partial charge < -0.3 is 4.42 Å². The van der Waals surface area contributed by atoms with Crippen LogP contribution in [-0.2, 0) is 6.42 Å². The van der Waals surface area contributed by atoms with Crippen LogP contribution in [0.15, 0.2) is 229 Å². The average Bonchev–Trinajstić information content (AvgIpc) is 3.86. The number of allylic oxidation sites excluding steroid dienone is 5. The van der Waals surface area contributed by atoms with Crippen LogP contribution < -0.4 is 0 Å². The van der Waals surface area contributed by atoms with Gasteiger partial charge in [-0.1, -0.05) is 194 Å². The molecule has 0 amide bonds. The number of oxazole rings is 1. The highest BCUT2D eigenvalue weighted by atomic mass is 16.3. The topological polar surface area (TPSA) is 26.0 Å². The first kappa shape index (κ1) is 39.6. The molecule has 2 aliphatic rings. The Kier molecular flexibility index (Phi) is 9.20. The van der Waals surface area contributed by atoms with Crippen LogP contribution >= 0.6 is 0 Å². The maximum Gasteiger partial charge on any atom is 0.226 e. The van der Waals surface area contributed by atoms with Crippen LogP contribution in [0, 0.1) is 0 Å². The largest absolute Gasteiger partial charge is 0.436 e. The molecule has 2 aliphatic carbocycles. The lowest BCUT2D eigenvalue weighted by Crippen LogP contribution is -2.08. The van der Waals surface area contributed by atoms with Crippen molar-refractivity contribution in [2.75, 3.05) is 0 Å². The van der Waals surface area contributed by atoms with Crippen LogP contribution in [0.2, 0.25) is 0 Å². The fourth-order valence-corrected chi connectivity index (χ4v) is 11.7. The molecule has 0 N–H and O–H groups in total. The molecule has 0 saturated carbocycles. The monoisotopic (exact) mass is 879 g/mol. The lowest BCUT2D eigenvalue weighted by molar-refractivity contribution is 0.584. The Labute approximate surface area is 400 Å². The van der Waals surface area contributed by atoms with Gasteiger partial charge in [-0.25, -0.2) is 4.98 Å². The van der Waals surface area contributed by atoms with Gasteiger partial charge in [0.25, 0.3) is 0 Å². The number of nitrogens with zero attached hydrogens (tertiary/aromatic N) is 1. The van der Waals surface area contributed by atoms with Gasteiger partial charge in [-0.05, 0) is 171 Å². The summed E-state index contributed by atoms with van der Waals surface area (Å²) in [5, 5.41) is 12.6. The lowest BCUT2D eigenvalue weighted by atomic mass is 9.76. The van der Waals surface area contributed by atoms with E-state index in [1.165, 1.54) is 115 Å². The van der Waals surface area contributed by atoms with Crippen molar-refractivity contribution >= 4 is 76.6 Å². The molecule has 0 radical (unpaired) electrons. The van der Waals surface area contributed by atoms with Gasteiger partial charge in [-0.15, -0.1) is 0 Å². The molecule has 2 nitrogen and oxygen atoms in total. The first-order valence-corrected chi connectivity index (χ1v) is 24.3. The summed E-state index contributed by atoms with van der Waals surface area (Å²) in [5.74, 6) is 0.910. The molecule has 2 heteroatoms. The molecule has 1 unspecified atom stereocenters. The van der Waals surface area contributed by atoms with Crippen molar-refractivity contribution in [3.8, 4) is 44.5 Å². The third-order valence-electron chi connectivity index (χ3n) is 14.8. The standard InChI is InChI=1S/C67H45NO/c1-3-16-46-38-51(34-28-42(46)14-1)65-57-24-9-10-25-58(57)66(52-35-29-43-15-2-4-17-47(43)39-52)60-41-49(36-37-59(60)65)48-18-13-19-50(40-48)64-55-22-7-5-20-53(55)63(54-21-6-8-23-56(54)64)44-30-32-45(33-31-44)67-68-61-26-11-12-27-62(61)69-67/h1-7,9-22,24-30,32-41,44H,8,23,31H2. The summed E-state index contributed by atoms with van der Waals surface area (Å²) in [5.41, 5.74) is 17.0. The van der Waals surface area contributed by atoms with Crippen molar-refractivity contribution in [3.05, 3.63) is 247 Å². The molecule has 1 atom stereocenters. The molecule has 0 spiro atoms. The van der Waals surface area contributed by atoms with Gasteiger partial charge >= 0.3 is 0 Å². The van der Waals surface area contributed by atoms with Crippen molar-refractivity contribution in [3.63, 3.8) is 0 Å². The number of hydrogen-bond acceptors (Lipinski definition) is 2. The second kappa shape index (κ2) is 16.0. The van der Waals surface area contributed by atoms with Crippen molar-refractivity contribution in [1.82, 2.24) is 4.98 Å². The van der Waals surface area contributed by atoms with Crippen molar-refractivity contribution in [1.29, 1.82) is 0 Å². The Morgan fingerprint density at radius 1 is 0.435 bits per heavy atom. The minimum Gasteiger partial charge on any atom is -0.436 e. The maximum atomic E-state index is 6.19. The highest BCUT2D eigenvalue weighted by molar-refractivity contribution is 6.22. The summed E-state index contributed by atoms with van der Waals surface area (Å²) in [7, 11) is 0. The van der Waals surface area contributed by atoms with E-state index >= 15 is 0 Å². The van der Waals surface area contributed by atoms with E-state index < -0.39 is 0 Å². The van der Waals surface area contributed by atoms with Crippen LogP contribution in [0.25, 0.3) is 121 Å². The molecule has 11 aromatic carbocycles. The van der Waals surface area contributed by atoms with Gasteiger partial charge in [0.15, 0.2) is 5.58 Å². The van der Waals surface area contributed by atoms with E-state index in [1.807, 2.05) is 24.3 Å². The van der Waals surface area contributed by atoms with Crippen molar-refractivity contribution in [2.45, 2.75) is 25.2 Å². The highest BCUT2D eigenvalue weighted by Gasteiger charge is 2.26. The number of hydrogen-bond donors (Lipinski definition) is 0. The summed E-state index contributed by atoms with van der Waals surface area (Å²) in [6, 6.07) is 73.9. The summed E-state index contributed by atoms with van der Waals surface area (Å²) in [6.07, 6.45) is 14.6. The first-order chi connectivity index (χ1) is 34.2. The van der Waals surface area contributed by atoms with Crippen LogP contribution in [0.5, 0.6) is 0 Å². The second-order valence-electron chi connectivity index (χ2n) is 18.8. The van der Waals surface area contributed by atoms with Crippen molar-refractivity contribution in [2.24, 2.45) is 0 Å². The molecule has 0 aliphatic heterocycles. The van der Waals surface area contributed by atoms with Gasteiger partial charge in [0.05, 0.1) is 0 Å². The molecule has 14 rings (SSSR count). The lowest BCUT2D eigenvalue weighted by Gasteiger charge is -2.27. The summed E-state index contributed by atoms with van der Waals surface area (Å²) in [6.45, 7) is 0. The minimum absolute atomic E-state index is 0.227. The Bertz CT molecular complexity index is 4150. The Morgan fingerprint density at radius 2 is 1.01 bits per heavy atom. The van der Waals surface area contributed by atoms with E-state index in [4.69, 9.17) is 9.40 Å². The van der Waals surface area contributed by atoms with E-state index in [9.17, 15) is 0 Å². The average molecular weight is 880 g/mol. The van der Waals surface area contributed by atoms with Gasteiger partial charge in [0.2, 0.25) is 5.89 Å². The Hall–Kier alpha value is -8.59. The fourth-order valence-electron chi connectivity index (χ4n) is 11.7. The molecular formula is C67H45NO. The quantitative estimate of drug-likeness (QED) is 0.156. The molecule has 324 valence electrons. The first-order valence-electron chi connectivity index (χ1n) is 24.3. The number of fused-ring (bicyclic) bond motifs is 7. The van der Waals surface area contributed by atoms with Crippen LogP contribution in [-0.4, -0.2) is 4.98 Å². The van der Waals surface area contributed by atoms with Crippen LogP contribution in [0.3, 0.4) is 0 Å². The minimum atomic E-state index is 0.227. The zero-order valence-corrected chi connectivity index (χ0v) is 38.0. The van der Waals surface area contributed by atoms with E-state index in [2.05, 4.69) is 206 Å². The number of rotatable bonds is 6. The van der Waals surface area contributed by atoms with E-state index in [-0.39, 0.29) is 5.92 Å². The molecular weight excluding hydrogens is 835 g/mol. The molecule has 0 saturated heterocycles. The van der Waals surface area contributed by atoms with Crippen molar-refractivity contribution < 1.29 is 4.42 Å². The Morgan fingerprint density at radius 3 is 1.72 bits per heavy atom. The molecule has 1 heterocycles. The van der Waals surface area contributed by atoms with Gasteiger partial charge in [0, 0.05) is 11.5 Å². The number of para-hydroxylation sites is 2. The molecule has 12 aromatic rings. The molecule has 0 bridgehead atoms. The predicted octanol–water partition coefficient (Wildman–Crippen LogP) is 18.3. The normalized spacial score (nSPS) is 14.6. The predicted molar refractivity (Wildman–Crippen MR) is 292 cm³/mol. The molecule has 0 fully saturated rings. The van der Waals surface area contributed by atoms with Gasteiger partial charge in [-0.2, -0.15) is 0 Å². The third-order valence-corrected chi connectivity index (χ3v) is 14.8. The zero-order valence-electron chi connectivity index (χ0n) is 38.0. The van der Waals surface area contributed by atoms with E-state index in [0.717, 1.165) is 35.9 Å².